The van der Waals surface area contributed by atoms with Crippen molar-refractivity contribution >= 4 is 16.8 Å². The highest BCUT2D eigenvalue weighted by atomic mass is 16.5. The average Bonchev–Trinajstić information content (AvgIpc) is 2.67. The van der Waals surface area contributed by atoms with Crippen molar-refractivity contribution in [3.63, 3.8) is 0 Å². The normalized spacial score (nSPS) is 10.9. The summed E-state index contributed by atoms with van der Waals surface area (Å²) >= 11 is 0. The highest BCUT2D eigenvalue weighted by molar-refractivity contribution is 5.93. The second kappa shape index (κ2) is 4.40. The molecule has 16 heavy (non-hydrogen) atoms. The third-order valence-electron chi connectivity index (χ3n) is 2.32. The molecule has 0 saturated carbocycles. The van der Waals surface area contributed by atoms with Crippen molar-refractivity contribution in [3.8, 4) is 5.75 Å². The van der Waals surface area contributed by atoms with Crippen molar-refractivity contribution in [1.29, 1.82) is 0 Å². The molecule has 0 aliphatic rings. The molecule has 0 amide bonds. The van der Waals surface area contributed by atoms with Gasteiger partial charge in [0.1, 0.15) is 16.7 Å². The summed E-state index contributed by atoms with van der Waals surface area (Å²) in [5.41, 5.74) is 7.33. The van der Waals surface area contributed by atoms with Crippen LogP contribution in [0.4, 0.5) is 5.88 Å². The van der Waals surface area contributed by atoms with Gasteiger partial charge in [-0.2, -0.15) is 0 Å². The van der Waals surface area contributed by atoms with Crippen molar-refractivity contribution in [2.24, 2.45) is 0 Å². The summed E-state index contributed by atoms with van der Waals surface area (Å²) in [6.45, 7) is 3.14. The van der Waals surface area contributed by atoms with E-state index in [1.54, 1.807) is 7.11 Å². The number of hydrogen-bond acceptors (Lipinski definition) is 5. The van der Waals surface area contributed by atoms with E-state index < -0.39 is 0 Å². The number of anilines is 1. The zero-order valence-corrected chi connectivity index (χ0v) is 9.32. The zero-order valence-electron chi connectivity index (χ0n) is 9.32. The van der Waals surface area contributed by atoms with Crippen LogP contribution in [0.15, 0.2) is 16.7 Å². The highest BCUT2D eigenvalue weighted by Crippen LogP contribution is 2.31. The monoisotopic (exact) mass is 222 g/mol. The smallest absolute Gasteiger partial charge is 0.233 e. The maximum absolute atomic E-state index is 5.66. The Labute approximate surface area is 93.1 Å². The molecular weight excluding hydrogens is 208 g/mol. The van der Waals surface area contributed by atoms with Crippen LogP contribution in [-0.2, 0) is 11.3 Å². The number of benzene rings is 1. The van der Waals surface area contributed by atoms with Gasteiger partial charge in [-0.05, 0) is 24.6 Å². The first-order chi connectivity index (χ1) is 7.76. The van der Waals surface area contributed by atoms with E-state index in [2.05, 4.69) is 5.16 Å². The molecule has 0 radical (unpaired) electrons. The zero-order chi connectivity index (χ0) is 11.5. The molecule has 0 aliphatic heterocycles. The maximum atomic E-state index is 5.66. The van der Waals surface area contributed by atoms with Crippen LogP contribution in [0.2, 0.25) is 0 Å². The van der Waals surface area contributed by atoms with E-state index in [0.717, 1.165) is 5.56 Å². The predicted octanol–water partition coefficient (Wildman–Crippen LogP) is 1.96. The van der Waals surface area contributed by atoms with Gasteiger partial charge in [-0.25, -0.2) is 0 Å². The summed E-state index contributed by atoms with van der Waals surface area (Å²) in [6, 6.07) is 3.76. The van der Waals surface area contributed by atoms with Gasteiger partial charge in [0.05, 0.1) is 13.7 Å². The number of ether oxygens (including phenoxy) is 2. The SMILES string of the molecule is CCOCc1cc(OC)c2c(N)onc2c1. The molecule has 2 N–H and O–H groups in total. The molecule has 0 spiro atoms. The molecular formula is C11H14N2O3. The van der Waals surface area contributed by atoms with Crippen molar-refractivity contribution < 1.29 is 14.0 Å². The van der Waals surface area contributed by atoms with E-state index in [0.29, 0.717) is 29.9 Å². The number of methoxy groups -OCH3 is 1. The quantitative estimate of drug-likeness (QED) is 0.856. The molecule has 5 heteroatoms. The minimum absolute atomic E-state index is 0.273. The van der Waals surface area contributed by atoms with Gasteiger partial charge >= 0.3 is 0 Å². The Bertz CT molecular complexity index is 493. The maximum Gasteiger partial charge on any atom is 0.233 e. The van der Waals surface area contributed by atoms with Gasteiger partial charge in [0.2, 0.25) is 5.88 Å². The molecule has 0 unspecified atom stereocenters. The predicted molar refractivity (Wildman–Crippen MR) is 60.3 cm³/mol. The van der Waals surface area contributed by atoms with E-state index in [1.807, 2.05) is 19.1 Å². The van der Waals surface area contributed by atoms with Crippen molar-refractivity contribution in [1.82, 2.24) is 5.16 Å². The van der Waals surface area contributed by atoms with Gasteiger partial charge in [0.15, 0.2) is 0 Å². The first kappa shape index (κ1) is 10.8. The number of fused-ring (bicyclic) bond motifs is 1. The fourth-order valence-corrected chi connectivity index (χ4v) is 1.58. The van der Waals surface area contributed by atoms with E-state index in [9.17, 15) is 0 Å². The Morgan fingerprint density at radius 2 is 2.25 bits per heavy atom. The largest absolute Gasteiger partial charge is 0.496 e. The number of nitrogen functional groups attached to an aromatic ring is 1. The Hall–Kier alpha value is -1.75. The second-order valence-electron chi connectivity index (χ2n) is 3.38. The van der Waals surface area contributed by atoms with E-state index in [-0.39, 0.29) is 5.88 Å². The van der Waals surface area contributed by atoms with Gasteiger partial charge in [-0.15, -0.1) is 0 Å². The molecule has 1 aromatic heterocycles. The Morgan fingerprint density at radius 3 is 2.94 bits per heavy atom. The first-order valence-electron chi connectivity index (χ1n) is 5.05. The summed E-state index contributed by atoms with van der Waals surface area (Å²) in [5, 5.41) is 4.57. The lowest BCUT2D eigenvalue weighted by atomic mass is 10.1. The minimum Gasteiger partial charge on any atom is -0.496 e. The number of aromatic nitrogens is 1. The van der Waals surface area contributed by atoms with Crippen LogP contribution < -0.4 is 10.5 Å². The fraction of sp³-hybridized carbons (Fsp3) is 0.364. The van der Waals surface area contributed by atoms with Crippen LogP contribution in [0, 0.1) is 0 Å². The number of nitrogens with zero attached hydrogens (tertiary/aromatic N) is 1. The standard InChI is InChI=1S/C11H14N2O3/c1-3-15-6-7-4-8-10(9(5-7)14-2)11(12)16-13-8/h4-5H,3,6,12H2,1-2H3. The molecule has 5 nitrogen and oxygen atoms in total. The van der Waals surface area contributed by atoms with Gasteiger partial charge in [0.25, 0.3) is 0 Å². The number of nitrogens with two attached hydrogens (primary N) is 1. The lowest BCUT2D eigenvalue weighted by molar-refractivity contribution is 0.134. The molecule has 2 aromatic rings. The molecule has 2 rings (SSSR count). The van der Waals surface area contributed by atoms with Gasteiger partial charge in [-0.1, -0.05) is 5.16 Å². The van der Waals surface area contributed by atoms with Crippen LogP contribution in [0.25, 0.3) is 10.9 Å². The van der Waals surface area contributed by atoms with Crippen LogP contribution in [0.1, 0.15) is 12.5 Å². The lowest BCUT2D eigenvalue weighted by Gasteiger charge is -2.05. The summed E-state index contributed by atoms with van der Waals surface area (Å²) in [4.78, 5) is 0. The summed E-state index contributed by atoms with van der Waals surface area (Å²) in [5.74, 6) is 0.931. The summed E-state index contributed by atoms with van der Waals surface area (Å²) in [6.07, 6.45) is 0. The first-order valence-corrected chi connectivity index (χ1v) is 5.05. The molecule has 0 fully saturated rings. The number of rotatable bonds is 4. The van der Waals surface area contributed by atoms with Crippen LogP contribution >= 0.6 is 0 Å². The molecule has 0 atom stereocenters. The fourth-order valence-electron chi connectivity index (χ4n) is 1.58. The molecule has 86 valence electrons. The second-order valence-corrected chi connectivity index (χ2v) is 3.38. The van der Waals surface area contributed by atoms with Crippen LogP contribution in [-0.4, -0.2) is 18.9 Å². The van der Waals surface area contributed by atoms with Crippen LogP contribution in [0.5, 0.6) is 5.75 Å². The third-order valence-corrected chi connectivity index (χ3v) is 2.32. The summed E-state index contributed by atoms with van der Waals surface area (Å²) in [7, 11) is 1.59. The van der Waals surface area contributed by atoms with Crippen LogP contribution in [0.3, 0.4) is 0 Å². The van der Waals surface area contributed by atoms with E-state index in [4.69, 9.17) is 19.7 Å². The van der Waals surface area contributed by atoms with E-state index in [1.165, 1.54) is 0 Å². The lowest BCUT2D eigenvalue weighted by Crippen LogP contribution is -1.94. The highest BCUT2D eigenvalue weighted by Gasteiger charge is 2.12. The molecule has 0 bridgehead atoms. The van der Waals surface area contributed by atoms with Gasteiger partial charge in [-0.3, -0.25) is 0 Å². The molecule has 1 heterocycles. The molecule has 0 saturated heterocycles. The molecule has 0 aliphatic carbocycles. The Morgan fingerprint density at radius 1 is 1.44 bits per heavy atom. The third kappa shape index (κ3) is 1.81. The number of hydrogen-bond donors (Lipinski definition) is 1. The van der Waals surface area contributed by atoms with Crippen molar-refractivity contribution in [3.05, 3.63) is 17.7 Å². The van der Waals surface area contributed by atoms with Crippen molar-refractivity contribution in [2.75, 3.05) is 19.5 Å². The topological polar surface area (TPSA) is 70.5 Å². The summed E-state index contributed by atoms with van der Waals surface area (Å²) < 4.78 is 15.5. The minimum atomic E-state index is 0.273. The van der Waals surface area contributed by atoms with Crippen molar-refractivity contribution in [2.45, 2.75) is 13.5 Å². The average molecular weight is 222 g/mol. The van der Waals surface area contributed by atoms with E-state index >= 15 is 0 Å². The van der Waals surface area contributed by atoms with Gasteiger partial charge in [0, 0.05) is 6.61 Å². The molecule has 1 aromatic carbocycles. The Balaban J connectivity index is 2.47. The van der Waals surface area contributed by atoms with Gasteiger partial charge < -0.3 is 19.7 Å². The Kier molecular flexibility index (Phi) is 2.96.